The Morgan fingerprint density at radius 2 is 1.88 bits per heavy atom. The highest BCUT2D eigenvalue weighted by Crippen LogP contribution is 2.26. The van der Waals surface area contributed by atoms with Crippen LogP contribution >= 0.6 is 24.0 Å². The van der Waals surface area contributed by atoms with Crippen molar-refractivity contribution < 1.29 is 14.3 Å². The molecule has 6 nitrogen and oxygen atoms in total. The summed E-state index contributed by atoms with van der Waals surface area (Å²) in [5, 5.41) is 4.41. The van der Waals surface area contributed by atoms with Crippen LogP contribution in [0.3, 0.4) is 0 Å². The molecule has 8 heteroatoms. The first kappa shape index (κ1) is 25.1. The third kappa shape index (κ3) is 6.30. The molecule has 0 radical (unpaired) electrons. The number of rotatable bonds is 6. The molecule has 3 aliphatic rings. The van der Waals surface area contributed by atoms with Gasteiger partial charge in [0.25, 0.3) is 0 Å². The number of halogens is 2. The van der Waals surface area contributed by atoms with Crippen LogP contribution in [0.1, 0.15) is 51.0 Å². The number of piperidine rings is 1. The van der Waals surface area contributed by atoms with Crippen molar-refractivity contribution >= 4 is 36.0 Å². The minimum Gasteiger partial charge on any atom is -0.448 e. The maximum atomic E-state index is 13.5. The van der Waals surface area contributed by atoms with Gasteiger partial charge in [0.1, 0.15) is 6.61 Å². The molecule has 1 N–H and O–H groups in total. The Morgan fingerprint density at radius 1 is 1.16 bits per heavy atom. The van der Waals surface area contributed by atoms with Crippen LogP contribution in [0.25, 0.3) is 0 Å². The molecular weight excluding hydrogens is 449 g/mol. The molecule has 1 saturated carbocycles. The van der Waals surface area contributed by atoms with Crippen molar-refractivity contribution in [3.63, 3.8) is 0 Å². The maximum Gasteiger partial charge on any atom is 0.410 e. The van der Waals surface area contributed by atoms with Crippen LogP contribution in [0, 0.1) is 5.92 Å². The van der Waals surface area contributed by atoms with Crippen LogP contribution in [-0.2, 0) is 16.0 Å². The minimum absolute atomic E-state index is 0. The molecule has 0 bridgehead atoms. The number of amides is 2. The zero-order valence-electron chi connectivity index (χ0n) is 18.8. The second-order valence-electron chi connectivity index (χ2n) is 9.39. The van der Waals surface area contributed by atoms with Gasteiger partial charge in [0.05, 0.1) is 12.6 Å². The van der Waals surface area contributed by atoms with Gasteiger partial charge in [0.2, 0.25) is 5.91 Å². The van der Waals surface area contributed by atoms with Gasteiger partial charge in [-0.05, 0) is 68.6 Å². The van der Waals surface area contributed by atoms with Gasteiger partial charge in [-0.15, -0.1) is 12.4 Å². The van der Waals surface area contributed by atoms with Crippen LogP contribution in [0.4, 0.5) is 4.79 Å². The molecule has 3 fully saturated rings. The molecule has 1 aromatic carbocycles. The molecule has 32 heavy (non-hydrogen) atoms. The van der Waals surface area contributed by atoms with E-state index in [1.54, 1.807) is 0 Å². The van der Waals surface area contributed by atoms with Gasteiger partial charge in [-0.3, -0.25) is 4.79 Å². The average Bonchev–Trinajstić information content (AvgIpc) is 3.20. The van der Waals surface area contributed by atoms with E-state index in [2.05, 4.69) is 12.2 Å². The van der Waals surface area contributed by atoms with E-state index in [0.29, 0.717) is 36.6 Å². The lowest BCUT2D eigenvalue weighted by molar-refractivity contribution is -0.135. The Kier molecular flexibility index (Phi) is 9.09. The molecule has 178 valence electrons. The molecular formula is C24H35Cl2N3O3. The monoisotopic (exact) mass is 483 g/mol. The predicted molar refractivity (Wildman–Crippen MR) is 128 cm³/mol. The highest BCUT2D eigenvalue weighted by molar-refractivity contribution is 6.30. The fourth-order valence-electron chi connectivity index (χ4n) is 5.26. The van der Waals surface area contributed by atoms with Gasteiger partial charge < -0.3 is 19.9 Å². The Bertz CT molecular complexity index is 768. The predicted octanol–water partition coefficient (Wildman–Crippen LogP) is 4.28. The molecule has 2 atom stereocenters. The lowest BCUT2D eigenvalue weighted by atomic mass is 9.89. The fourth-order valence-corrected chi connectivity index (χ4v) is 5.39. The summed E-state index contributed by atoms with van der Waals surface area (Å²) in [5.41, 5.74) is 1.12. The van der Waals surface area contributed by atoms with E-state index in [1.807, 2.05) is 34.1 Å². The normalized spacial score (nSPS) is 26.9. The second-order valence-corrected chi connectivity index (χ2v) is 9.83. The maximum absolute atomic E-state index is 13.5. The number of nitrogens with one attached hydrogen (secondary N) is 1. The van der Waals surface area contributed by atoms with E-state index in [4.69, 9.17) is 16.3 Å². The van der Waals surface area contributed by atoms with Gasteiger partial charge >= 0.3 is 6.09 Å². The third-order valence-corrected chi connectivity index (χ3v) is 7.24. The number of likely N-dealkylation sites (tertiary alicyclic amines) is 1. The third-order valence-electron chi connectivity index (χ3n) is 6.99. The van der Waals surface area contributed by atoms with Gasteiger partial charge in [-0.2, -0.15) is 0 Å². The molecule has 2 saturated heterocycles. The van der Waals surface area contributed by atoms with Gasteiger partial charge in [-0.1, -0.05) is 30.7 Å². The molecule has 4 rings (SSSR count). The van der Waals surface area contributed by atoms with Crippen molar-refractivity contribution in [1.82, 2.24) is 15.1 Å². The summed E-state index contributed by atoms with van der Waals surface area (Å²) >= 11 is 6.05. The lowest BCUT2D eigenvalue weighted by Gasteiger charge is -2.37. The number of carbonyl (C=O) groups is 2. The number of hydrogen-bond acceptors (Lipinski definition) is 4. The van der Waals surface area contributed by atoms with Gasteiger partial charge in [-0.25, -0.2) is 4.79 Å². The number of carbonyl (C=O) groups excluding carboxylic acids is 2. The van der Waals surface area contributed by atoms with E-state index in [9.17, 15) is 9.59 Å². The summed E-state index contributed by atoms with van der Waals surface area (Å²) < 4.78 is 5.10. The van der Waals surface area contributed by atoms with Crippen LogP contribution in [-0.4, -0.2) is 66.2 Å². The quantitative estimate of drug-likeness (QED) is 0.655. The first-order chi connectivity index (χ1) is 15.0. The molecule has 2 aliphatic heterocycles. The van der Waals surface area contributed by atoms with E-state index >= 15 is 0 Å². The Hall–Kier alpha value is -1.50. The Morgan fingerprint density at radius 3 is 2.50 bits per heavy atom. The first-order valence-corrected chi connectivity index (χ1v) is 12.1. The van der Waals surface area contributed by atoms with Crippen LogP contribution < -0.4 is 5.32 Å². The second kappa shape index (κ2) is 11.6. The topological polar surface area (TPSA) is 61.9 Å². The average molecular weight is 484 g/mol. The zero-order valence-corrected chi connectivity index (χ0v) is 20.4. The molecule has 0 aromatic heterocycles. The minimum atomic E-state index is -0.232. The van der Waals surface area contributed by atoms with Crippen molar-refractivity contribution in [2.24, 2.45) is 5.92 Å². The lowest BCUT2D eigenvalue weighted by Crippen LogP contribution is -2.54. The van der Waals surface area contributed by atoms with Gasteiger partial charge in [0, 0.05) is 30.2 Å². The van der Waals surface area contributed by atoms with Crippen LogP contribution in [0.2, 0.25) is 5.02 Å². The smallest absolute Gasteiger partial charge is 0.410 e. The summed E-state index contributed by atoms with van der Waals surface area (Å²) in [7, 11) is 0. The Balaban J connectivity index is 0.00000289. The summed E-state index contributed by atoms with van der Waals surface area (Å²) in [5.74, 6) is 0.774. The van der Waals surface area contributed by atoms with E-state index in [0.717, 1.165) is 50.8 Å². The first-order valence-electron chi connectivity index (χ1n) is 11.7. The largest absolute Gasteiger partial charge is 0.448 e. The summed E-state index contributed by atoms with van der Waals surface area (Å²) in [4.78, 5) is 29.3. The van der Waals surface area contributed by atoms with E-state index in [1.165, 1.54) is 6.42 Å². The van der Waals surface area contributed by atoms with Crippen molar-refractivity contribution in [1.29, 1.82) is 0 Å². The Labute approximate surface area is 202 Å². The number of ether oxygens (including phenoxy) is 1. The number of benzene rings is 1. The van der Waals surface area contributed by atoms with E-state index < -0.39 is 0 Å². The zero-order chi connectivity index (χ0) is 21.8. The number of hydrogen-bond donors (Lipinski definition) is 1. The summed E-state index contributed by atoms with van der Waals surface area (Å²) in [6, 6.07) is 8.13. The highest BCUT2D eigenvalue weighted by Gasteiger charge is 2.35. The molecule has 1 aromatic rings. The SMILES string of the molecule is CC1CCCN(C(=O)[C@@H](Cc2ccc(Cl)cc2)NC2CCC(N3CCOC3=O)CC2)C1.Cl. The van der Waals surface area contributed by atoms with Crippen LogP contribution in [0.15, 0.2) is 24.3 Å². The van der Waals surface area contributed by atoms with E-state index in [-0.39, 0.29) is 36.5 Å². The van der Waals surface area contributed by atoms with Crippen LogP contribution in [0.5, 0.6) is 0 Å². The summed E-state index contributed by atoms with van der Waals surface area (Å²) in [6.07, 6.45) is 6.61. The molecule has 2 heterocycles. The number of cyclic esters (lactones) is 1. The fraction of sp³-hybridized carbons (Fsp3) is 0.667. The standard InChI is InChI=1S/C24H34ClN3O3.ClH/c1-17-3-2-12-27(16-17)23(29)22(15-18-4-6-19(25)7-5-18)26-20-8-10-21(11-9-20)28-13-14-31-24(28)30;/h4-7,17,20-22,26H,2-3,8-16H2,1H3;1H/t17?,20?,21?,22-;/m1./s1. The van der Waals surface area contributed by atoms with Crippen molar-refractivity contribution in [2.45, 2.75) is 70.0 Å². The van der Waals surface area contributed by atoms with Crippen molar-refractivity contribution in [3.8, 4) is 0 Å². The highest BCUT2D eigenvalue weighted by atomic mass is 35.5. The van der Waals surface area contributed by atoms with Crippen molar-refractivity contribution in [3.05, 3.63) is 34.9 Å². The van der Waals surface area contributed by atoms with Crippen molar-refractivity contribution in [2.75, 3.05) is 26.2 Å². The van der Waals surface area contributed by atoms with Gasteiger partial charge in [0.15, 0.2) is 0 Å². The molecule has 1 unspecified atom stereocenters. The number of nitrogens with zero attached hydrogens (tertiary/aromatic N) is 2. The summed E-state index contributed by atoms with van der Waals surface area (Å²) in [6.45, 7) is 5.13. The molecule has 0 spiro atoms. The molecule has 1 aliphatic carbocycles. The molecule has 2 amide bonds.